The lowest BCUT2D eigenvalue weighted by Crippen LogP contribution is -2.46. The second kappa shape index (κ2) is 12.3. The van der Waals surface area contributed by atoms with Crippen molar-refractivity contribution in [2.24, 2.45) is 0 Å². The van der Waals surface area contributed by atoms with E-state index in [1.807, 2.05) is 54.3 Å². The lowest BCUT2D eigenvalue weighted by Gasteiger charge is -2.32. The van der Waals surface area contributed by atoms with Crippen LogP contribution in [0.15, 0.2) is 78.9 Å². The van der Waals surface area contributed by atoms with Gasteiger partial charge in [0, 0.05) is 19.6 Å². The van der Waals surface area contributed by atoms with E-state index < -0.39 is 5.82 Å². The second-order valence-corrected chi connectivity index (χ2v) is 9.07. The average Bonchev–Trinajstić information content (AvgIpc) is 2.92. The first-order valence-electron chi connectivity index (χ1n) is 12.7. The van der Waals surface area contributed by atoms with Gasteiger partial charge in [0.1, 0.15) is 18.2 Å². The summed E-state index contributed by atoms with van der Waals surface area (Å²) in [5, 5.41) is 0. The zero-order chi connectivity index (χ0) is 25.3. The minimum atomic E-state index is -0.528. The highest BCUT2D eigenvalue weighted by Crippen LogP contribution is 2.24. The molecule has 5 nitrogen and oxygen atoms in total. The zero-order valence-corrected chi connectivity index (χ0v) is 20.7. The molecule has 0 aliphatic carbocycles. The minimum Gasteiger partial charge on any atom is -0.491 e. The molecule has 0 aromatic heterocycles. The van der Waals surface area contributed by atoms with Gasteiger partial charge in [-0.05, 0) is 62.4 Å². The fourth-order valence-corrected chi connectivity index (χ4v) is 4.67. The molecule has 1 atom stereocenters. The van der Waals surface area contributed by atoms with Crippen LogP contribution in [-0.2, 0) is 6.42 Å². The van der Waals surface area contributed by atoms with Gasteiger partial charge in [0.15, 0.2) is 0 Å². The highest BCUT2D eigenvalue weighted by Gasteiger charge is 2.28. The summed E-state index contributed by atoms with van der Waals surface area (Å²) in [5.74, 6) is -0.422. The number of benzene rings is 3. The first-order valence-corrected chi connectivity index (χ1v) is 12.7. The number of rotatable bonds is 4. The number of hydrogen-bond acceptors (Lipinski definition) is 3. The molecular weight excluding hydrogens is 455 g/mol. The Bertz CT molecular complexity index is 1170. The molecule has 1 aliphatic heterocycles. The standard InChI is InChI=1S/C30H33FN2O3/c1-2-32-19-11-4-12-20-33(30(35)25-15-7-9-17-27(25)31)24(21-23-13-5-3-6-14-23)22-36-28-18-10-8-16-26(28)29(32)34/h3,5-10,13-18,24H,2,4,11-12,19-22H2,1H3/t24-/m0/s1. The molecule has 0 unspecified atom stereocenters. The largest absolute Gasteiger partial charge is 0.491 e. The van der Waals surface area contributed by atoms with Crippen LogP contribution in [0.25, 0.3) is 0 Å². The Hall–Kier alpha value is -3.67. The molecule has 1 aliphatic rings. The number of nitrogens with zero attached hydrogens (tertiary/aromatic N) is 2. The lowest BCUT2D eigenvalue weighted by molar-refractivity contribution is 0.0600. The monoisotopic (exact) mass is 488 g/mol. The molecule has 0 radical (unpaired) electrons. The van der Waals surface area contributed by atoms with Crippen molar-refractivity contribution in [2.45, 2.75) is 38.6 Å². The molecule has 3 aromatic carbocycles. The van der Waals surface area contributed by atoms with Gasteiger partial charge < -0.3 is 14.5 Å². The van der Waals surface area contributed by atoms with Gasteiger partial charge in [-0.15, -0.1) is 0 Å². The molecule has 36 heavy (non-hydrogen) atoms. The molecule has 0 spiro atoms. The number of ether oxygens (including phenoxy) is 1. The van der Waals surface area contributed by atoms with E-state index in [9.17, 15) is 14.0 Å². The summed E-state index contributed by atoms with van der Waals surface area (Å²) in [6.45, 7) is 3.89. The van der Waals surface area contributed by atoms with Gasteiger partial charge in [0.25, 0.3) is 11.8 Å². The van der Waals surface area contributed by atoms with Gasteiger partial charge in [0.05, 0.1) is 17.2 Å². The quantitative estimate of drug-likeness (QED) is 0.480. The number of carbonyl (C=O) groups excluding carboxylic acids is 2. The van der Waals surface area contributed by atoms with Crippen molar-refractivity contribution in [1.29, 1.82) is 0 Å². The van der Waals surface area contributed by atoms with E-state index in [-0.39, 0.29) is 30.0 Å². The highest BCUT2D eigenvalue weighted by atomic mass is 19.1. The van der Waals surface area contributed by atoms with Gasteiger partial charge >= 0.3 is 0 Å². The molecule has 0 bridgehead atoms. The van der Waals surface area contributed by atoms with E-state index in [0.29, 0.717) is 37.4 Å². The molecule has 2 amide bonds. The third kappa shape index (κ3) is 6.11. The lowest BCUT2D eigenvalue weighted by atomic mass is 10.0. The summed E-state index contributed by atoms with van der Waals surface area (Å²) in [6, 6.07) is 23.0. The smallest absolute Gasteiger partial charge is 0.257 e. The van der Waals surface area contributed by atoms with Crippen LogP contribution in [0.5, 0.6) is 5.75 Å². The van der Waals surface area contributed by atoms with E-state index in [2.05, 4.69) is 0 Å². The number of carbonyl (C=O) groups is 2. The van der Waals surface area contributed by atoms with Crippen molar-refractivity contribution in [1.82, 2.24) is 9.80 Å². The Morgan fingerprint density at radius 1 is 0.917 bits per heavy atom. The molecule has 0 fully saturated rings. The highest BCUT2D eigenvalue weighted by molar-refractivity contribution is 5.97. The van der Waals surface area contributed by atoms with Crippen LogP contribution in [0.1, 0.15) is 52.5 Å². The van der Waals surface area contributed by atoms with Gasteiger partial charge in [-0.3, -0.25) is 9.59 Å². The number of hydrogen-bond donors (Lipinski definition) is 0. The number of fused-ring (bicyclic) bond motifs is 1. The minimum absolute atomic E-state index is 0.0498. The SMILES string of the molecule is CCN1CCCCCN(C(=O)c2ccccc2F)[C@@H](Cc2ccccc2)COc2ccccc2C1=O. The predicted octanol–water partition coefficient (Wildman–Crippen LogP) is 5.60. The Kier molecular flexibility index (Phi) is 8.71. The maximum absolute atomic E-state index is 14.6. The molecule has 188 valence electrons. The van der Waals surface area contributed by atoms with Crippen molar-refractivity contribution in [3.8, 4) is 5.75 Å². The van der Waals surface area contributed by atoms with E-state index in [1.54, 1.807) is 29.2 Å². The normalized spacial score (nSPS) is 17.3. The molecule has 3 aromatic rings. The molecule has 6 heteroatoms. The van der Waals surface area contributed by atoms with Gasteiger partial charge in [-0.1, -0.05) is 54.6 Å². The summed E-state index contributed by atoms with van der Waals surface area (Å²) in [4.78, 5) is 30.5. The fourth-order valence-electron chi connectivity index (χ4n) is 4.67. The average molecular weight is 489 g/mol. The third-order valence-electron chi connectivity index (χ3n) is 6.66. The van der Waals surface area contributed by atoms with E-state index >= 15 is 0 Å². The van der Waals surface area contributed by atoms with Gasteiger partial charge in [-0.2, -0.15) is 0 Å². The zero-order valence-electron chi connectivity index (χ0n) is 20.7. The molecule has 0 saturated heterocycles. The summed E-state index contributed by atoms with van der Waals surface area (Å²) in [6.07, 6.45) is 2.99. The molecule has 1 heterocycles. The van der Waals surface area contributed by atoms with Gasteiger partial charge in [-0.25, -0.2) is 4.39 Å². The Labute approximate surface area is 212 Å². The Morgan fingerprint density at radius 2 is 1.61 bits per heavy atom. The first-order chi connectivity index (χ1) is 17.6. The summed E-state index contributed by atoms with van der Waals surface area (Å²) >= 11 is 0. The fraction of sp³-hybridized carbons (Fsp3) is 0.333. The van der Waals surface area contributed by atoms with Crippen LogP contribution in [-0.4, -0.2) is 53.9 Å². The molecule has 4 rings (SSSR count). The van der Waals surface area contributed by atoms with Crippen LogP contribution in [0.4, 0.5) is 4.39 Å². The number of para-hydroxylation sites is 1. The van der Waals surface area contributed by atoms with Crippen LogP contribution in [0.3, 0.4) is 0 Å². The Morgan fingerprint density at radius 3 is 2.39 bits per heavy atom. The van der Waals surface area contributed by atoms with Crippen molar-refractivity contribution in [3.05, 3.63) is 101 Å². The van der Waals surface area contributed by atoms with Crippen LogP contribution >= 0.6 is 0 Å². The van der Waals surface area contributed by atoms with Crippen molar-refractivity contribution in [3.63, 3.8) is 0 Å². The summed E-state index contributed by atoms with van der Waals surface area (Å²) in [5.41, 5.74) is 1.64. The number of halogens is 1. The Balaban J connectivity index is 1.71. The van der Waals surface area contributed by atoms with E-state index in [1.165, 1.54) is 12.1 Å². The van der Waals surface area contributed by atoms with Gasteiger partial charge in [0.2, 0.25) is 0 Å². The van der Waals surface area contributed by atoms with Crippen molar-refractivity contribution in [2.75, 3.05) is 26.2 Å². The molecular formula is C30H33FN2O3. The van der Waals surface area contributed by atoms with Crippen molar-refractivity contribution < 1.29 is 18.7 Å². The predicted molar refractivity (Wildman–Crippen MR) is 139 cm³/mol. The van der Waals surface area contributed by atoms with E-state index in [4.69, 9.17) is 4.74 Å². The molecule has 0 N–H and O–H groups in total. The third-order valence-corrected chi connectivity index (χ3v) is 6.66. The summed E-state index contributed by atoms with van der Waals surface area (Å²) < 4.78 is 20.9. The van der Waals surface area contributed by atoms with Crippen LogP contribution in [0, 0.1) is 5.82 Å². The second-order valence-electron chi connectivity index (χ2n) is 9.07. The van der Waals surface area contributed by atoms with E-state index in [0.717, 1.165) is 24.8 Å². The van der Waals surface area contributed by atoms with Crippen molar-refractivity contribution >= 4 is 11.8 Å². The van der Waals surface area contributed by atoms with Crippen LogP contribution < -0.4 is 4.74 Å². The topological polar surface area (TPSA) is 49.9 Å². The number of amides is 2. The maximum atomic E-state index is 14.6. The van der Waals surface area contributed by atoms with Crippen LogP contribution in [0.2, 0.25) is 0 Å². The summed E-state index contributed by atoms with van der Waals surface area (Å²) in [7, 11) is 0. The maximum Gasteiger partial charge on any atom is 0.257 e. The molecule has 0 saturated carbocycles. The first kappa shape index (κ1) is 25.4.